The maximum Gasteiger partial charge on any atom is 0.141 e. The normalized spacial score (nSPS) is 12.9. The number of aryl methyl sites for hydroxylation is 1. The van der Waals surface area contributed by atoms with E-state index in [1.165, 1.54) is 11.1 Å². The van der Waals surface area contributed by atoms with Crippen molar-refractivity contribution in [3.8, 4) is 0 Å². The summed E-state index contributed by atoms with van der Waals surface area (Å²) in [5.41, 5.74) is 6.87. The summed E-state index contributed by atoms with van der Waals surface area (Å²) < 4.78 is 0. The summed E-state index contributed by atoms with van der Waals surface area (Å²) in [7, 11) is 0. The number of fused-ring (bicyclic) bond motifs is 1. The van der Waals surface area contributed by atoms with Gasteiger partial charge in [0.15, 0.2) is 0 Å². The number of ketones is 1. The molecule has 2 aromatic rings. The molecule has 0 radical (unpaired) electrons. The third kappa shape index (κ3) is 3.28. The summed E-state index contributed by atoms with van der Waals surface area (Å²) >= 11 is 0. The highest BCUT2D eigenvalue weighted by molar-refractivity contribution is 5.83. The summed E-state index contributed by atoms with van der Waals surface area (Å²) in [6.07, 6.45) is 2.89. The zero-order valence-corrected chi connectivity index (χ0v) is 13.0. The molecule has 0 bridgehead atoms. The van der Waals surface area contributed by atoms with Crippen LogP contribution < -0.4 is 5.32 Å². The van der Waals surface area contributed by atoms with E-state index in [0.717, 1.165) is 35.4 Å². The van der Waals surface area contributed by atoms with Gasteiger partial charge in [-0.15, -0.1) is 0 Å². The first-order valence-electron chi connectivity index (χ1n) is 7.80. The molecule has 0 amide bonds. The lowest BCUT2D eigenvalue weighted by molar-refractivity contribution is -0.117. The molecular formula is C20H21NO. The highest BCUT2D eigenvalue weighted by Crippen LogP contribution is 2.28. The Morgan fingerprint density at radius 2 is 1.68 bits per heavy atom. The van der Waals surface area contributed by atoms with Crippen molar-refractivity contribution in [2.75, 3.05) is 5.32 Å². The second kappa shape index (κ2) is 6.18. The molecule has 0 fully saturated rings. The van der Waals surface area contributed by atoms with E-state index >= 15 is 0 Å². The number of anilines is 1. The summed E-state index contributed by atoms with van der Waals surface area (Å²) in [4.78, 5) is 12.3. The fourth-order valence-electron chi connectivity index (χ4n) is 2.90. The predicted molar refractivity (Wildman–Crippen MR) is 91.1 cm³/mol. The average Bonchev–Trinajstić information content (AvgIpc) is 2.87. The van der Waals surface area contributed by atoms with Gasteiger partial charge in [-0.3, -0.25) is 4.79 Å². The molecule has 22 heavy (non-hydrogen) atoms. The molecule has 2 aromatic carbocycles. The van der Waals surface area contributed by atoms with Crippen LogP contribution in [0.25, 0.3) is 0 Å². The molecule has 1 aliphatic heterocycles. The lowest BCUT2D eigenvalue weighted by Crippen LogP contribution is -2.06. The molecule has 0 spiro atoms. The van der Waals surface area contributed by atoms with Crippen LogP contribution >= 0.6 is 0 Å². The quantitative estimate of drug-likeness (QED) is 0.899. The van der Waals surface area contributed by atoms with Gasteiger partial charge in [-0.1, -0.05) is 49.9 Å². The molecule has 1 heterocycles. The summed E-state index contributed by atoms with van der Waals surface area (Å²) in [5.74, 6) is 0.258. The first kappa shape index (κ1) is 14.6. The van der Waals surface area contributed by atoms with Crippen LogP contribution in [0.15, 0.2) is 54.7 Å². The Morgan fingerprint density at radius 3 is 2.41 bits per heavy atom. The van der Waals surface area contributed by atoms with Gasteiger partial charge in [0.1, 0.15) is 5.78 Å². The number of nitrogens with one attached hydrogen (secondary N) is 1. The summed E-state index contributed by atoms with van der Waals surface area (Å²) in [5, 5.41) is 3.25. The van der Waals surface area contributed by atoms with Crippen molar-refractivity contribution in [2.24, 2.45) is 0 Å². The molecule has 1 aliphatic rings. The van der Waals surface area contributed by atoms with Gasteiger partial charge in [-0.05, 0) is 34.7 Å². The molecule has 0 aromatic heterocycles. The van der Waals surface area contributed by atoms with Crippen LogP contribution in [0.4, 0.5) is 5.69 Å². The topological polar surface area (TPSA) is 29.1 Å². The molecule has 2 heteroatoms. The van der Waals surface area contributed by atoms with Gasteiger partial charge in [0.05, 0.1) is 0 Å². The fraction of sp³-hybridized carbons (Fsp3) is 0.250. The minimum absolute atomic E-state index is 0.258. The van der Waals surface area contributed by atoms with Gasteiger partial charge in [-0.25, -0.2) is 0 Å². The Kier molecular flexibility index (Phi) is 4.10. The Labute approximate surface area is 131 Å². The second-order valence-electron chi connectivity index (χ2n) is 5.96. The molecule has 0 unspecified atom stereocenters. The van der Waals surface area contributed by atoms with Crippen molar-refractivity contribution in [3.05, 3.63) is 77.0 Å². The van der Waals surface area contributed by atoms with Crippen molar-refractivity contribution >= 4 is 11.5 Å². The van der Waals surface area contributed by atoms with Gasteiger partial charge in [0, 0.05) is 30.6 Å². The Bertz CT molecular complexity index is 713. The van der Waals surface area contributed by atoms with Crippen LogP contribution in [0, 0.1) is 0 Å². The summed E-state index contributed by atoms with van der Waals surface area (Å²) in [6.45, 7) is 6.09. The Balaban J connectivity index is 1.64. The van der Waals surface area contributed by atoms with E-state index in [-0.39, 0.29) is 5.78 Å². The van der Waals surface area contributed by atoms with Crippen LogP contribution in [0.3, 0.4) is 0 Å². The van der Waals surface area contributed by atoms with E-state index in [1.54, 1.807) is 0 Å². The minimum Gasteiger partial charge on any atom is -0.359 e. The van der Waals surface area contributed by atoms with E-state index in [9.17, 15) is 4.79 Å². The monoisotopic (exact) mass is 291 g/mol. The van der Waals surface area contributed by atoms with Crippen molar-refractivity contribution in [2.45, 2.75) is 32.6 Å². The number of Topliss-reactive ketones (excluding diaryl/α,β-unsaturated/α-hetero) is 1. The number of hydrogen-bond donors (Lipinski definition) is 1. The fourth-order valence-corrected chi connectivity index (χ4v) is 2.90. The van der Waals surface area contributed by atoms with Gasteiger partial charge in [0.2, 0.25) is 0 Å². The Hall–Kier alpha value is -2.35. The first-order valence-corrected chi connectivity index (χ1v) is 7.80. The average molecular weight is 291 g/mol. The van der Waals surface area contributed by atoms with Gasteiger partial charge >= 0.3 is 0 Å². The van der Waals surface area contributed by atoms with Crippen LogP contribution in [0.5, 0.6) is 0 Å². The number of rotatable bonds is 5. The molecule has 0 atom stereocenters. The summed E-state index contributed by atoms with van der Waals surface area (Å²) in [6, 6.07) is 14.5. The SMILES string of the molecule is C=C1Cc2cc(CC(=O)Cc3ccc(CC)cc3)ccc2N1. The minimum atomic E-state index is 0.258. The maximum atomic E-state index is 12.3. The number of carbonyl (C=O) groups excluding carboxylic acids is 1. The number of allylic oxidation sites excluding steroid dienone is 1. The zero-order chi connectivity index (χ0) is 15.5. The van der Waals surface area contributed by atoms with E-state index < -0.39 is 0 Å². The van der Waals surface area contributed by atoms with Crippen molar-refractivity contribution in [1.82, 2.24) is 0 Å². The third-order valence-electron chi connectivity index (χ3n) is 4.12. The van der Waals surface area contributed by atoms with Crippen molar-refractivity contribution < 1.29 is 4.79 Å². The molecule has 2 nitrogen and oxygen atoms in total. The van der Waals surface area contributed by atoms with Crippen LogP contribution in [-0.4, -0.2) is 5.78 Å². The molecule has 3 rings (SSSR count). The van der Waals surface area contributed by atoms with E-state index in [2.05, 4.69) is 49.2 Å². The predicted octanol–water partition coefficient (Wildman–Crippen LogP) is 4.09. The third-order valence-corrected chi connectivity index (χ3v) is 4.12. The largest absolute Gasteiger partial charge is 0.359 e. The van der Waals surface area contributed by atoms with Gasteiger partial charge in [0.25, 0.3) is 0 Å². The number of benzene rings is 2. The lowest BCUT2D eigenvalue weighted by Gasteiger charge is -2.05. The standard InChI is InChI=1S/C20H21NO/c1-3-15-4-6-16(7-5-15)12-19(22)13-17-8-9-20-18(11-17)10-14(2)21-20/h4-9,11,21H,2-3,10,12-13H2,1H3. The maximum absolute atomic E-state index is 12.3. The van der Waals surface area contributed by atoms with Crippen molar-refractivity contribution in [1.29, 1.82) is 0 Å². The molecular weight excluding hydrogens is 270 g/mol. The van der Waals surface area contributed by atoms with Crippen LogP contribution in [0.2, 0.25) is 0 Å². The van der Waals surface area contributed by atoms with E-state index in [4.69, 9.17) is 0 Å². The first-order chi connectivity index (χ1) is 10.6. The van der Waals surface area contributed by atoms with Gasteiger partial charge in [-0.2, -0.15) is 0 Å². The number of hydrogen-bond acceptors (Lipinski definition) is 2. The van der Waals surface area contributed by atoms with Gasteiger partial charge < -0.3 is 5.32 Å². The zero-order valence-electron chi connectivity index (χ0n) is 13.0. The molecule has 0 saturated carbocycles. The smallest absolute Gasteiger partial charge is 0.141 e. The van der Waals surface area contributed by atoms with Crippen LogP contribution in [-0.2, 0) is 30.5 Å². The van der Waals surface area contributed by atoms with Crippen molar-refractivity contribution in [3.63, 3.8) is 0 Å². The van der Waals surface area contributed by atoms with Crippen LogP contribution in [0.1, 0.15) is 29.2 Å². The number of carbonyl (C=O) groups is 1. The lowest BCUT2D eigenvalue weighted by atomic mass is 9.99. The highest BCUT2D eigenvalue weighted by Gasteiger charge is 2.14. The molecule has 112 valence electrons. The highest BCUT2D eigenvalue weighted by atomic mass is 16.1. The van der Waals surface area contributed by atoms with E-state index in [1.807, 2.05) is 12.1 Å². The van der Waals surface area contributed by atoms with E-state index in [0.29, 0.717) is 12.8 Å². The Morgan fingerprint density at radius 1 is 1.05 bits per heavy atom. The molecule has 0 saturated heterocycles. The molecule has 1 N–H and O–H groups in total. The second-order valence-corrected chi connectivity index (χ2v) is 5.96. The molecule has 0 aliphatic carbocycles.